The van der Waals surface area contributed by atoms with E-state index in [4.69, 9.17) is 11.6 Å². The molecular formula is C21H25ClN2O3S. The highest BCUT2D eigenvalue weighted by molar-refractivity contribution is 7.92. The minimum absolute atomic E-state index is 0.0835. The van der Waals surface area contributed by atoms with E-state index in [2.05, 4.69) is 11.6 Å². The monoisotopic (exact) mass is 420 g/mol. The third-order valence-electron chi connectivity index (χ3n) is 5.30. The number of rotatable bonds is 4. The second-order valence-corrected chi connectivity index (χ2v) is 9.58. The van der Waals surface area contributed by atoms with Crippen LogP contribution in [0.3, 0.4) is 0 Å². The molecule has 1 aliphatic heterocycles. The van der Waals surface area contributed by atoms with Gasteiger partial charge in [-0.1, -0.05) is 24.6 Å². The Labute approximate surface area is 171 Å². The van der Waals surface area contributed by atoms with Crippen molar-refractivity contribution < 1.29 is 13.2 Å². The number of anilines is 1. The Morgan fingerprint density at radius 2 is 1.75 bits per heavy atom. The topological polar surface area (TPSA) is 66.5 Å². The molecule has 0 bridgehead atoms. The standard InChI is InChI=1S/C21H25ClN2O3S/c1-14-8-10-24(11-9-14)21(25)17-5-7-19(22)20(13-17)28(26,27)23-18-6-4-15(2)16(3)12-18/h4-7,12-14,23H,8-11H2,1-3H3. The molecule has 0 unspecified atom stereocenters. The van der Waals surface area contributed by atoms with E-state index in [9.17, 15) is 13.2 Å². The Morgan fingerprint density at radius 1 is 1.07 bits per heavy atom. The van der Waals surface area contributed by atoms with Crippen LogP contribution in [0.5, 0.6) is 0 Å². The zero-order valence-electron chi connectivity index (χ0n) is 16.3. The lowest BCUT2D eigenvalue weighted by atomic mass is 9.98. The average Bonchev–Trinajstić information content (AvgIpc) is 2.65. The Bertz CT molecular complexity index is 997. The third kappa shape index (κ3) is 4.50. The summed E-state index contributed by atoms with van der Waals surface area (Å²) >= 11 is 6.17. The molecule has 1 saturated heterocycles. The normalized spacial score (nSPS) is 15.5. The van der Waals surface area contributed by atoms with Gasteiger partial charge in [-0.3, -0.25) is 9.52 Å². The number of likely N-dealkylation sites (tertiary alicyclic amines) is 1. The molecule has 2 aromatic carbocycles. The molecule has 1 fully saturated rings. The summed E-state index contributed by atoms with van der Waals surface area (Å²) in [6.45, 7) is 7.42. The van der Waals surface area contributed by atoms with Gasteiger partial charge in [-0.05, 0) is 74.1 Å². The summed E-state index contributed by atoms with van der Waals surface area (Å²) in [4.78, 5) is 14.5. The second-order valence-electron chi connectivity index (χ2n) is 7.52. The lowest BCUT2D eigenvalue weighted by Gasteiger charge is -2.30. The number of carbonyl (C=O) groups excluding carboxylic acids is 1. The number of carbonyl (C=O) groups is 1. The number of sulfonamides is 1. The van der Waals surface area contributed by atoms with Crippen molar-refractivity contribution in [2.75, 3.05) is 17.8 Å². The molecule has 150 valence electrons. The highest BCUT2D eigenvalue weighted by Crippen LogP contribution is 2.27. The molecule has 0 aromatic heterocycles. The van der Waals surface area contributed by atoms with Crippen molar-refractivity contribution in [1.82, 2.24) is 4.90 Å². The van der Waals surface area contributed by atoms with Crippen molar-refractivity contribution in [3.63, 3.8) is 0 Å². The summed E-state index contributed by atoms with van der Waals surface area (Å²) in [5.41, 5.74) is 2.85. The number of amides is 1. The molecule has 28 heavy (non-hydrogen) atoms. The van der Waals surface area contributed by atoms with Gasteiger partial charge in [0.15, 0.2) is 0 Å². The van der Waals surface area contributed by atoms with Crippen molar-refractivity contribution in [3.05, 3.63) is 58.1 Å². The van der Waals surface area contributed by atoms with Crippen molar-refractivity contribution in [2.24, 2.45) is 5.92 Å². The molecule has 0 saturated carbocycles. The predicted octanol–water partition coefficient (Wildman–Crippen LogP) is 4.63. The van der Waals surface area contributed by atoms with Gasteiger partial charge in [0.2, 0.25) is 0 Å². The molecule has 1 aliphatic rings. The van der Waals surface area contributed by atoms with E-state index in [0.717, 1.165) is 24.0 Å². The highest BCUT2D eigenvalue weighted by atomic mass is 35.5. The van der Waals surface area contributed by atoms with Crippen LogP contribution in [0.1, 0.15) is 41.3 Å². The number of nitrogens with zero attached hydrogens (tertiary/aromatic N) is 1. The summed E-state index contributed by atoms with van der Waals surface area (Å²) < 4.78 is 28.3. The van der Waals surface area contributed by atoms with E-state index in [-0.39, 0.29) is 15.8 Å². The molecule has 0 atom stereocenters. The molecule has 3 rings (SSSR count). The maximum atomic E-state index is 12.9. The lowest BCUT2D eigenvalue weighted by molar-refractivity contribution is 0.0697. The lowest BCUT2D eigenvalue weighted by Crippen LogP contribution is -2.38. The number of hydrogen-bond acceptors (Lipinski definition) is 3. The van der Waals surface area contributed by atoms with Crippen LogP contribution in [-0.4, -0.2) is 32.3 Å². The fourth-order valence-corrected chi connectivity index (χ4v) is 4.83. The van der Waals surface area contributed by atoms with Gasteiger partial charge >= 0.3 is 0 Å². The van der Waals surface area contributed by atoms with Gasteiger partial charge < -0.3 is 4.90 Å². The first-order chi connectivity index (χ1) is 13.2. The van der Waals surface area contributed by atoms with Crippen LogP contribution in [-0.2, 0) is 10.0 Å². The van der Waals surface area contributed by atoms with Gasteiger partial charge in [-0.2, -0.15) is 0 Å². The van der Waals surface area contributed by atoms with Crippen molar-refractivity contribution in [1.29, 1.82) is 0 Å². The second kappa shape index (κ2) is 8.13. The Balaban J connectivity index is 1.87. The summed E-state index contributed by atoms with van der Waals surface area (Å²) in [5, 5.41) is 0.0835. The van der Waals surface area contributed by atoms with Crippen LogP contribution >= 0.6 is 11.6 Å². The Kier molecular flexibility index (Phi) is 6.01. The van der Waals surface area contributed by atoms with E-state index >= 15 is 0 Å². The minimum Gasteiger partial charge on any atom is -0.339 e. The van der Waals surface area contributed by atoms with Crippen molar-refractivity contribution >= 4 is 33.2 Å². The number of benzene rings is 2. The number of aryl methyl sites for hydroxylation is 2. The van der Waals surface area contributed by atoms with E-state index in [1.165, 1.54) is 12.1 Å². The number of piperidine rings is 1. The first-order valence-electron chi connectivity index (χ1n) is 9.36. The molecule has 2 aromatic rings. The van der Waals surface area contributed by atoms with Crippen LogP contribution in [0.4, 0.5) is 5.69 Å². The van der Waals surface area contributed by atoms with Gasteiger partial charge in [-0.15, -0.1) is 0 Å². The first-order valence-corrected chi connectivity index (χ1v) is 11.2. The molecule has 7 heteroatoms. The maximum absolute atomic E-state index is 12.9. The fourth-order valence-electron chi connectivity index (χ4n) is 3.25. The molecule has 5 nitrogen and oxygen atoms in total. The largest absolute Gasteiger partial charge is 0.339 e. The summed E-state index contributed by atoms with van der Waals surface area (Å²) in [6, 6.07) is 9.74. The average molecular weight is 421 g/mol. The van der Waals surface area contributed by atoms with Crippen LogP contribution in [0.15, 0.2) is 41.3 Å². The fraction of sp³-hybridized carbons (Fsp3) is 0.381. The summed E-state index contributed by atoms with van der Waals surface area (Å²) in [7, 11) is -3.92. The molecule has 0 radical (unpaired) electrons. The van der Waals surface area contributed by atoms with Gasteiger partial charge in [-0.25, -0.2) is 8.42 Å². The quantitative estimate of drug-likeness (QED) is 0.784. The Hall–Kier alpha value is -2.05. The summed E-state index contributed by atoms with van der Waals surface area (Å²) in [6.07, 6.45) is 1.91. The molecule has 1 N–H and O–H groups in total. The third-order valence-corrected chi connectivity index (χ3v) is 7.16. The van der Waals surface area contributed by atoms with Crippen LogP contribution in [0.2, 0.25) is 5.02 Å². The predicted molar refractivity (Wildman–Crippen MR) is 112 cm³/mol. The maximum Gasteiger partial charge on any atom is 0.263 e. The zero-order chi connectivity index (χ0) is 20.5. The van der Waals surface area contributed by atoms with Gasteiger partial charge in [0.05, 0.1) is 5.02 Å². The number of nitrogens with one attached hydrogen (secondary N) is 1. The van der Waals surface area contributed by atoms with Crippen molar-refractivity contribution in [3.8, 4) is 0 Å². The molecule has 1 amide bonds. The van der Waals surface area contributed by atoms with Crippen LogP contribution in [0, 0.1) is 19.8 Å². The SMILES string of the molecule is Cc1ccc(NS(=O)(=O)c2cc(C(=O)N3CCC(C)CC3)ccc2Cl)cc1C. The van der Waals surface area contributed by atoms with Gasteiger partial charge in [0, 0.05) is 24.3 Å². The van der Waals surface area contributed by atoms with E-state index < -0.39 is 10.0 Å². The zero-order valence-corrected chi connectivity index (χ0v) is 17.9. The van der Waals surface area contributed by atoms with Crippen LogP contribution in [0.25, 0.3) is 0 Å². The van der Waals surface area contributed by atoms with E-state index in [1.54, 1.807) is 23.1 Å². The minimum atomic E-state index is -3.92. The van der Waals surface area contributed by atoms with Gasteiger partial charge in [0.25, 0.3) is 15.9 Å². The summed E-state index contributed by atoms with van der Waals surface area (Å²) in [5.74, 6) is 0.443. The Morgan fingerprint density at radius 3 is 2.39 bits per heavy atom. The number of hydrogen-bond donors (Lipinski definition) is 1. The van der Waals surface area contributed by atoms with E-state index in [0.29, 0.717) is 30.3 Å². The molecular weight excluding hydrogens is 396 g/mol. The molecule has 0 spiro atoms. The van der Waals surface area contributed by atoms with Gasteiger partial charge in [0.1, 0.15) is 4.90 Å². The molecule has 0 aliphatic carbocycles. The van der Waals surface area contributed by atoms with Crippen molar-refractivity contribution in [2.45, 2.75) is 38.5 Å². The first kappa shape index (κ1) is 20.7. The van der Waals surface area contributed by atoms with Crippen LogP contribution < -0.4 is 4.72 Å². The smallest absolute Gasteiger partial charge is 0.263 e. The highest BCUT2D eigenvalue weighted by Gasteiger charge is 2.25. The molecule has 1 heterocycles. The number of halogens is 1. The van der Waals surface area contributed by atoms with E-state index in [1.807, 2.05) is 19.9 Å².